The fourth-order valence-corrected chi connectivity index (χ4v) is 1.52. The Morgan fingerprint density at radius 2 is 2.42 bits per heavy atom. The molecule has 1 spiro atoms. The summed E-state index contributed by atoms with van der Waals surface area (Å²) in [6, 6.07) is 0. The third-order valence-electron chi connectivity index (χ3n) is 2.54. The van der Waals surface area contributed by atoms with Crippen molar-refractivity contribution in [2.45, 2.75) is 18.2 Å². The standard InChI is InChI=1S/C7H10FNO3/c8-5-3-9(6(10)11)2-1-7(5)4-12-7/h5H,1-4H2,(H,10,11). The highest BCUT2D eigenvalue weighted by Gasteiger charge is 2.55. The molecule has 5 heteroatoms. The van der Waals surface area contributed by atoms with Gasteiger partial charge in [-0.25, -0.2) is 9.18 Å². The molecule has 2 aliphatic heterocycles. The number of hydrogen-bond acceptors (Lipinski definition) is 2. The summed E-state index contributed by atoms with van der Waals surface area (Å²) < 4.78 is 18.2. The number of hydrogen-bond donors (Lipinski definition) is 1. The summed E-state index contributed by atoms with van der Waals surface area (Å²) in [6.45, 7) is 0.784. The highest BCUT2D eigenvalue weighted by atomic mass is 19.1. The lowest BCUT2D eigenvalue weighted by atomic mass is 9.96. The van der Waals surface area contributed by atoms with Crippen LogP contribution < -0.4 is 0 Å². The molecule has 12 heavy (non-hydrogen) atoms. The third kappa shape index (κ3) is 1.04. The number of carbonyl (C=O) groups is 1. The first-order valence-electron chi connectivity index (χ1n) is 3.90. The number of ether oxygens (including phenoxy) is 1. The van der Waals surface area contributed by atoms with Gasteiger partial charge >= 0.3 is 6.09 Å². The molecular weight excluding hydrogens is 165 g/mol. The Kier molecular flexibility index (Phi) is 1.51. The van der Waals surface area contributed by atoms with Gasteiger partial charge in [-0.2, -0.15) is 0 Å². The number of carboxylic acid groups (broad SMARTS) is 1. The SMILES string of the molecule is O=C(O)N1CCC2(CO2)C(F)C1. The second-order valence-corrected chi connectivity index (χ2v) is 3.30. The lowest BCUT2D eigenvalue weighted by Crippen LogP contribution is -2.48. The van der Waals surface area contributed by atoms with Crippen molar-refractivity contribution in [3.05, 3.63) is 0 Å². The van der Waals surface area contributed by atoms with Crippen LogP contribution in [0.1, 0.15) is 6.42 Å². The molecule has 2 fully saturated rings. The fourth-order valence-electron chi connectivity index (χ4n) is 1.52. The summed E-state index contributed by atoms with van der Waals surface area (Å²) >= 11 is 0. The van der Waals surface area contributed by atoms with Gasteiger partial charge in [-0.15, -0.1) is 0 Å². The van der Waals surface area contributed by atoms with Crippen LogP contribution in [0.4, 0.5) is 9.18 Å². The second-order valence-electron chi connectivity index (χ2n) is 3.30. The lowest BCUT2D eigenvalue weighted by Gasteiger charge is -2.30. The van der Waals surface area contributed by atoms with Crippen LogP contribution in [0.3, 0.4) is 0 Å². The molecule has 2 rings (SSSR count). The quantitative estimate of drug-likeness (QED) is 0.545. The summed E-state index contributed by atoms with van der Waals surface area (Å²) in [5, 5.41) is 8.57. The van der Waals surface area contributed by atoms with Crippen LogP contribution in [-0.4, -0.2) is 47.6 Å². The molecule has 0 aromatic rings. The van der Waals surface area contributed by atoms with Gasteiger partial charge in [0.15, 0.2) is 0 Å². The molecule has 2 atom stereocenters. The minimum Gasteiger partial charge on any atom is -0.465 e. The van der Waals surface area contributed by atoms with Gasteiger partial charge in [0.1, 0.15) is 11.8 Å². The van der Waals surface area contributed by atoms with Crippen LogP contribution in [0.2, 0.25) is 0 Å². The first-order valence-corrected chi connectivity index (χ1v) is 3.90. The van der Waals surface area contributed by atoms with E-state index in [0.29, 0.717) is 19.6 Å². The average molecular weight is 175 g/mol. The van der Waals surface area contributed by atoms with Gasteiger partial charge in [0.25, 0.3) is 0 Å². The van der Waals surface area contributed by atoms with E-state index in [4.69, 9.17) is 9.84 Å². The van der Waals surface area contributed by atoms with E-state index in [0.717, 1.165) is 4.90 Å². The molecule has 0 saturated carbocycles. The Morgan fingerprint density at radius 3 is 2.83 bits per heavy atom. The number of halogens is 1. The van der Waals surface area contributed by atoms with Crippen LogP contribution in [0, 0.1) is 0 Å². The molecule has 2 aliphatic rings. The predicted octanol–water partition coefficient (Wildman–Crippen LogP) is 0.477. The molecule has 1 N–H and O–H groups in total. The molecule has 2 unspecified atom stereocenters. The second kappa shape index (κ2) is 2.32. The number of amides is 1. The largest absolute Gasteiger partial charge is 0.465 e. The Bertz CT molecular complexity index is 217. The Balaban J connectivity index is 1.99. The van der Waals surface area contributed by atoms with Crippen molar-refractivity contribution < 1.29 is 19.0 Å². The van der Waals surface area contributed by atoms with E-state index < -0.39 is 17.9 Å². The molecule has 68 valence electrons. The molecule has 0 aromatic carbocycles. The van der Waals surface area contributed by atoms with Crippen LogP contribution in [0.15, 0.2) is 0 Å². The van der Waals surface area contributed by atoms with E-state index in [1.165, 1.54) is 0 Å². The van der Waals surface area contributed by atoms with Gasteiger partial charge in [0.2, 0.25) is 0 Å². The maximum atomic E-state index is 13.2. The van der Waals surface area contributed by atoms with Crippen molar-refractivity contribution in [2.24, 2.45) is 0 Å². The summed E-state index contributed by atoms with van der Waals surface area (Å²) in [6.07, 6.45) is -1.71. The zero-order valence-corrected chi connectivity index (χ0v) is 6.49. The molecule has 2 heterocycles. The van der Waals surface area contributed by atoms with Gasteiger partial charge in [-0.05, 0) is 6.42 Å². The molecule has 0 aromatic heterocycles. The van der Waals surface area contributed by atoms with E-state index in [-0.39, 0.29) is 6.54 Å². The number of rotatable bonds is 0. The van der Waals surface area contributed by atoms with Crippen LogP contribution >= 0.6 is 0 Å². The Labute approximate surface area is 68.9 Å². The summed E-state index contributed by atoms with van der Waals surface area (Å²) in [5.41, 5.74) is -0.619. The predicted molar refractivity (Wildman–Crippen MR) is 37.8 cm³/mol. The first-order chi connectivity index (χ1) is 5.64. The zero-order chi connectivity index (χ0) is 8.77. The highest BCUT2D eigenvalue weighted by molar-refractivity contribution is 5.65. The van der Waals surface area contributed by atoms with Crippen LogP contribution in [-0.2, 0) is 4.74 Å². The summed E-state index contributed by atoms with van der Waals surface area (Å²) in [7, 11) is 0. The van der Waals surface area contributed by atoms with Crippen molar-refractivity contribution in [1.29, 1.82) is 0 Å². The van der Waals surface area contributed by atoms with Gasteiger partial charge in [0.05, 0.1) is 13.2 Å². The summed E-state index contributed by atoms with van der Waals surface area (Å²) in [4.78, 5) is 11.5. The number of nitrogens with zero attached hydrogens (tertiary/aromatic N) is 1. The summed E-state index contributed by atoms with van der Waals surface area (Å²) in [5.74, 6) is 0. The number of alkyl halides is 1. The molecular formula is C7H10FNO3. The van der Waals surface area contributed by atoms with Crippen LogP contribution in [0.25, 0.3) is 0 Å². The third-order valence-corrected chi connectivity index (χ3v) is 2.54. The van der Waals surface area contributed by atoms with E-state index >= 15 is 0 Å². The van der Waals surface area contributed by atoms with Gasteiger partial charge in [0, 0.05) is 6.54 Å². The van der Waals surface area contributed by atoms with E-state index in [1.54, 1.807) is 0 Å². The van der Waals surface area contributed by atoms with Gasteiger partial charge in [-0.1, -0.05) is 0 Å². The smallest absolute Gasteiger partial charge is 0.407 e. The van der Waals surface area contributed by atoms with Crippen molar-refractivity contribution in [3.8, 4) is 0 Å². The minimum absolute atomic E-state index is 0.0463. The maximum Gasteiger partial charge on any atom is 0.407 e. The first kappa shape index (κ1) is 7.79. The minimum atomic E-state index is -1.15. The topological polar surface area (TPSA) is 53.1 Å². The number of epoxide rings is 1. The zero-order valence-electron chi connectivity index (χ0n) is 6.49. The number of likely N-dealkylation sites (tertiary alicyclic amines) is 1. The molecule has 4 nitrogen and oxygen atoms in total. The fraction of sp³-hybridized carbons (Fsp3) is 0.857. The molecule has 0 radical (unpaired) electrons. The normalized spacial score (nSPS) is 40.1. The average Bonchev–Trinajstić information content (AvgIpc) is 2.76. The van der Waals surface area contributed by atoms with E-state index in [9.17, 15) is 9.18 Å². The monoisotopic (exact) mass is 175 g/mol. The molecule has 1 amide bonds. The molecule has 2 saturated heterocycles. The van der Waals surface area contributed by atoms with Crippen molar-refractivity contribution in [3.63, 3.8) is 0 Å². The highest BCUT2D eigenvalue weighted by Crippen LogP contribution is 2.39. The van der Waals surface area contributed by atoms with Crippen LogP contribution in [0.5, 0.6) is 0 Å². The molecule has 0 aliphatic carbocycles. The Morgan fingerprint density at radius 1 is 1.75 bits per heavy atom. The Hall–Kier alpha value is -0.840. The number of piperidine rings is 1. The molecule has 0 bridgehead atoms. The van der Waals surface area contributed by atoms with E-state index in [2.05, 4.69) is 0 Å². The van der Waals surface area contributed by atoms with Gasteiger partial charge in [-0.3, -0.25) is 0 Å². The van der Waals surface area contributed by atoms with Gasteiger partial charge < -0.3 is 14.7 Å². The maximum absolute atomic E-state index is 13.2. The van der Waals surface area contributed by atoms with Crippen molar-refractivity contribution in [2.75, 3.05) is 19.7 Å². The van der Waals surface area contributed by atoms with Crippen molar-refractivity contribution in [1.82, 2.24) is 4.90 Å². The lowest BCUT2D eigenvalue weighted by molar-refractivity contribution is 0.0549. The van der Waals surface area contributed by atoms with Crippen molar-refractivity contribution >= 4 is 6.09 Å². The van der Waals surface area contributed by atoms with E-state index in [1.807, 2.05) is 0 Å².